The Balaban J connectivity index is 1.41. The normalized spacial score (nSPS) is 13.8. The van der Waals surface area contributed by atoms with Crippen molar-refractivity contribution in [3.63, 3.8) is 0 Å². The van der Waals surface area contributed by atoms with E-state index >= 15 is 0 Å². The lowest BCUT2D eigenvalue weighted by Crippen LogP contribution is -2.50. The second-order valence-corrected chi connectivity index (χ2v) is 11.8. The summed E-state index contributed by atoms with van der Waals surface area (Å²) in [7, 11) is 1.61. The van der Waals surface area contributed by atoms with Crippen LogP contribution in [0.25, 0.3) is 28.1 Å². The Morgan fingerprint density at radius 3 is 2.50 bits per heavy atom. The minimum absolute atomic E-state index is 0.292. The van der Waals surface area contributed by atoms with Gasteiger partial charge in [0.25, 0.3) is 0 Å². The third-order valence-electron chi connectivity index (χ3n) is 7.08. The predicted molar refractivity (Wildman–Crippen MR) is 176 cm³/mol. The van der Waals surface area contributed by atoms with Crippen molar-refractivity contribution in [2.24, 2.45) is 0 Å². The van der Waals surface area contributed by atoms with Crippen LogP contribution in [0.3, 0.4) is 0 Å². The van der Waals surface area contributed by atoms with E-state index in [-0.39, 0.29) is 6.09 Å². The average molecular weight is 615 g/mol. The van der Waals surface area contributed by atoms with Gasteiger partial charge in [0, 0.05) is 60.8 Å². The number of amides is 1. The molecule has 0 radical (unpaired) electrons. The average Bonchev–Trinajstić information content (AvgIpc) is 2.99. The number of halogens is 1. The number of piperazine rings is 1. The fraction of sp³-hybridized carbons (Fsp3) is 0.273. The maximum absolute atomic E-state index is 12.5. The van der Waals surface area contributed by atoms with E-state index in [2.05, 4.69) is 15.2 Å². The number of rotatable bonds is 7. The molecule has 44 heavy (non-hydrogen) atoms. The van der Waals surface area contributed by atoms with Crippen LogP contribution in [0.5, 0.6) is 5.75 Å². The summed E-state index contributed by atoms with van der Waals surface area (Å²) in [6.45, 7) is 8.06. The van der Waals surface area contributed by atoms with E-state index in [1.807, 2.05) is 75.4 Å². The fourth-order valence-corrected chi connectivity index (χ4v) is 5.10. The predicted octanol–water partition coefficient (Wildman–Crippen LogP) is 6.47. The first kappa shape index (κ1) is 30.6. The van der Waals surface area contributed by atoms with Crippen molar-refractivity contribution < 1.29 is 19.1 Å². The zero-order valence-corrected chi connectivity index (χ0v) is 25.9. The number of nitrogen functional groups attached to an aromatic ring is 1. The van der Waals surface area contributed by atoms with Gasteiger partial charge in [0.2, 0.25) is 11.2 Å². The molecule has 0 bridgehead atoms. The van der Waals surface area contributed by atoms with Gasteiger partial charge in [-0.1, -0.05) is 24.3 Å². The lowest BCUT2D eigenvalue weighted by atomic mass is 9.96. The van der Waals surface area contributed by atoms with Gasteiger partial charge in [-0.15, -0.1) is 0 Å². The number of hydrogen-bond donors (Lipinski definition) is 2. The van der Waals surface area contributed by atoms with Crippen molar-refractivity contribution in [1.82, 2.24) is 14.9 Å². The van der Waals surface area contributed by atoms with Crippen LogP contribution in [0.2, 0.25) is 0 Å². The Kier molecular flexibility index (Phi) is 8.91. The minimum Gasteiger partial charge on any atom is -0.494 e. The number of nitrogens with two attached hydrogens (primary N) is 1. The molecule has 1 fully saturated rings. The maximum atomic E-state index is 12.5. The van der Waals surface area contributed by atoms with Crippen LogP contribution in [-0.2, 0) is 9.53 Å². The van der Waals surface area contributed by atoms with Gasteiger partial charge in [0.1, 0.15) is 11.4 Å². The second-order valence-electron chi connectivity index (χ2n) is 11.4. The molecule has 1 amide bonds. The Bertz CT molecular complexity index is 1730. The van der Waals surface area contributed by atoms with Crippen molar-refractivity contribution in [2.45, 2.75) is 26.4 Å². The van der Waals surface area contributed by atoms with E-state index < -0.39 is 10.8 Å². The highest BCUT2D eigenvalue weighted by Crippen LogP contribution is 2.35. The number of aromatic nitrogens is 2. The molecular weight excluding hydrogens is 580 g/mol. The zero-order valence-electron chi connectivity index (χ0n) is 25.1. The first-order chi connectivity index (χ1) is 21.0. The summed E-state index contributed by atoms with van der Waals surface area (Å²) in [6.07, 6.45) is 4.42. The maximum Gasteiger partial charge on any atom is 0.410 e. The molecule has 4 aromatic rings. The van der Waals surface area contributed by atoms with Gasteiger partial charge in [-0.2, -0.15) is 0 Å². The number of methoxy groups -OCH3 is 1. The molecule has 0 unspecified atom stereocenters. The van der Waals surface area contributed by atoms with Gasteiger partial charge in [-0.25, -0.2) is 14.8 Å². The van der Waals surface area contributed by atoms with Gasteiger partial charge >= 0.3 is 6.09 Å². The smallest absolute Gasteiger partial charge is 0.410 e. The summed E-state index contributed by atoms with van der Waals surface area (Å²) >= 11 is 5.60. The number of anilines is 4. The standard InChI is InChI=1S/C33H35ClN6O4/c1-33(2,3)44-32(42)40-16-14-39(15-17-40)25-11-12-26(27(19-25)43-4)37-31-36-20-23-9-8-21(10-13-28(34)41)29(30(23)38-31)22-6-5-7-24(35)18-22/h5-13,18-20H,14-17,35H2,1-4H3,(H,36,37,38)/b13-10+. The lowest BCUT2D eigenvalue weighted by molar-refractivity contribution is -0.107. The molecule has 0 atom stereocenters. The van der Waals surface area contributed by atoms with Crippen LogP contribution in [0, 0.1) is 0 Å². The Morgan fingerprint density at radius 1 is 1.05 bits per heavy atom. The number of fused-ring (bicyclic) bond motifs is 1. The zero-order chi connectivity index (χ0) is 31.4. The van der Waals surface area contributed by atoms with E-state index in [1.165, 1.54) is 6.08 Å². The molecule has 5 rings (SSSR count). The van der Waals surface area contributed by atoms with E-state index in [1.54, 1.807) is 24.3 Å². The minimum atomic E-state index is -0.575. The van der Waals surface area contributed by atoms with Gasteiger partial charge in [-0.05, 0) is 79.9 Å². The molecular formula is C33H35ClN6O4. The van der Waals surface area contributed by atoms with Crippen LogP contribution in [0.1, 0.15) is 26.3 Å². The summed E-state index contributed by atoms with van der Waals surface area (Å²) < 4.78 is 11.3. The second kappa shape index (κ2) is 12.8. The molecule has 0 aliphatic carbocycles. The molecule has 1 aliphatic heterocycles. The fourth-order valence-electron chi connectivity index (χ4n) is 5.04. The number of carbonyl (C=O) groups excluding carboxylic acids is 2. The van der Waals surface area contributed by atoms with Crippen molar-refractivity contribution in [2.75, 3.05) is 49.2 Å². The van der Waals surface area contributed by atoms with E-state index in [4.69, 9.17) is 31.8 Å². The molecule has 2 heterocycles. The molecule has 10 nitrogen and oxygen atoms in total. The van der Waals surface area contributed by atoms with Gasteiger partial charge in [-0.3, -0.25) is 4.79 Å². The molecule has 0 spiro atoms. The quantitative estimate of drug-likeness (QED) is 0.137. The van der Waals surface area contributed by atoms with Gasteiger partial charge in [0.15, 0.2) is 0 Å². The number of allylic oxidation sites excluding steroid dienone is 1. The molecule has 228 valence electrons. The number of benzene rings is 3. The van der Waals surface area contributed by atoms with Crippen molar-refractivity contribution in [3.8, 4) is 16.9 Å². The summed E-state index contributed by atoms with van der Waals surface area (Å²) in [5, 5.41) is 3.54. The van der Waals surface area contributed by atoms with Gasteiger partial charge in [0.05, 0.1) is 18.3 Å². The van der Waals surface area contributed by atoms with E-state index in [0.29, 0.717) is 54.8 Å². The first-order valence-electron chi connectivity index (χ1n) is 14.2. The summed E-state index contributed by atoms with van der Waals surface area (Å²) in [5.74, 6) is 0.989. The highest BCUT2D eigenvalue weighted by atomic mass is 35.5. The van der Waals surface area contributed by atoms with Crippen molar-refractivity contribution in [1.29, 1.82) is 0 Å². The number of carbonyl (C=O) groups is 2. The third-order valence-corrected chi connectivity index (χ3v) is 7.21. The van der Waals surface area contributed by atoms with Crippen molar-refractivity contribution >= 4 is 62.9 Å². The van der Waals surface area contributed by atoms with Crippen LogP contribution >= 0.6 is 11.6 Å². The summed E-state index contributed by atoms with van der Waals surface area (Å²) in [6, 6.07) is 17.1. The number of nitrogens with zero attached hydrogens (tertiary/aromatic N) is 4. The SMILES string of the molecule is COc1cc(N2CCN(C(=O)OC(C)(C)C)CC2)ccc1Nc1ncc2ccc(/C=C/C(=O)Cl)c(-c3cccc(N)c3)c2n1. The number of hydrogen-bond acceptors (Lipinski definition) is 9. The molecule has 1 aromatic heterocycles. The first-order valence-corrected chi connectivity index (χ1v) is 14.6. The molecule has 1 aliphatic rings. The van der Waals surface area contributed by atoms with Crippen LogP contribution in [-0.4, -0.2) is 65.1 Å². The molecule has 11 heteroatoms. The Labute approximate surface area is 261 Å². The Hall–Kier alpha value is -4.83. The molecule has 3 N–H and O–H groups in total. The summed E-state index contributed by atoms with van der Waals surface area (Å²) in [4.78, 5) is 37.3. The highest BCUT2D eigenvalue weighted by Gasteiger charge is 2.26. The molecule has 1 saturated heterocycles. The van der Waals surface area contributed by atoms with E-state index in [0.717, 1.165) is 27.8 Å². The number of ether oxygens (including phenoxy) is 2. The van der Waals surface area contributed by atoms with Crippen LogP contribution in [0.15, 0.2) is 66.9 Å². The van der Waals surface area contributed by atoms with Crippen LogP contribution < -0.4 is 20.7 Å². The third kappa shape index (κ3) is 7.20. The van der Waals surface area contributed by atoms with E-state index in [9.17, 15) is 9.59 Å². The van der Waals surface area contributed by atoms with Crippen molar-refractivity contribution in [3.05, 3.63) is 72.4 Å². The number of nitrogens with one attached hydrogen (secondary N) is 1. The summed E-state index contributed by atoms with van der Waals surface area (Å²) in [5.41, 5.74) is 10.9. The van der Waals surface area contributed by atoms with Gasteiger partial charge < -0.3 is 30.3 Å². The monoisotopic (exact) mass is 614 g/mol. The highest BCUT2D eigenvalue weighted by molar-refractivity contribution is 6.66. The molecule has 0 saturated carbocycles. The molecule has 3 aromatic carbocycles. The lowest BCUT2D eigenvalue weighted by Gasteiger charge is -2.37. The Morgan fingerprint density at radius 2 is 1.82 bits per heavy atom. The van der Waals surface area contributed by atoms with Crippen LogP contribution in [0.4, 0.5) is 27.8 Å². The largest absolute Gasteiger partial charge is 0.494 e. The topological polar surface area (TPSA) is 123 Å².